The van der Waals surface area contributed by atoms with Gasteiger partial charge in [0, 0.05) is 0 Å². The van der Waals surface area contributed by atoms with Crippen molar-refractivity contribution in [2.45, 2.75) is 276 Å². The first-order valence-electron chi connectivity index (χ1n) is 27.1. The van der Waals surface area contributed by atoms with Gasteiger partial charge < -0.3 is 9.47 Å². The molecule has 1 aromatic rings. The van der Waals surface area contributed by atoms with E-state index in [9.17, 15) is 22.6 Å². The van der Waals surface area contributed by atoms with Gasteiger partial charge in [-0.3, -0.25) is 4.55 Å². The van der Waals surface area contributed by atoms with Crippen LogP contribution < -0.4 is 0 Å². The molecule has 0 aliphatic heterocycles. The Hall–Kier alpha value is -2.45. The molecule has 1 rings (SSSR count). The zero-order valence-electron chi connectivity index (χ0n) is 41.5. The van der Waals surface area contributed by atoms with Crippen LogP contribution in [0.25, 0.3) is 0 Å². The van der Waals surface area contributed by atoms with E-state index < -0.39 is 32.5 Å². The summed E-state index contributed by atoms with van der Waals surface area (Å²) in [7, 11) is -4.77. The van der Waals surface area contributed by atoms with Crippen molar-refractivity contribution in [3.05, 3.63) is 53.6 Å². The SMILES string of the molecule is CCCC/C=C/CCCCCCCCCCCCCCCCCCOC(=O)c1cccc(S(=O)(=O)O)c1C(=O)OCCCCCCCCCCCCCCCCCC/C=C/CCCC. The maximum absolute atomic E-state index is 13.1. The molecule has 7 nitrogen and oxygen atoms in total. The quantitative estimate of drug-likeness (QED) is 0.0300. The number of rotatable bonds is 47. The van der Waals surface area contributed by atoms with Crippen molar-refractivity contribution in [2.24, 2.45) is 0 Å². The van der Waals surface area contributed by atoms with Gasteiger partial charge in [0.15, 0.2) is 0 Å². The van der Waals surface area contributed by atoms with Crippen molar-refractivity contribution in [3.8, 4) is 0 Å². The van der Waals surface area contributed by atoms with Crippen LogP contribution in [0.2, 0.25) is 0 Å². The molecule has 1 aromatic carbocycles. The molecule has 1 N–H and O–H groups in total. The number of hydrogen-bond acceptors (Lipinski definition) is 6. The fourth-order valence-corrected chi connectivity index (χ4v) is 9.10. The van der Waals surface area contributed by atoms with Gasteiger partial charge in [0.2, 0.25) is 0 Å². The molecule has 0 aliphatic rings. The van der Waals surface area contributed by atoms with Crippen molar-refractivity contribution in [1.82, 2.24) is 0 Å². The summed E-state index contributed by atoms with van der Waals surface area (Å²) in [5, 5.41) is 0. The van der Waals surface area contributed by atoms with E-state index in [0.29, 0.717) is 12.8 Å². The minimum Gasteiger partial charge on any atom is -0.462 e. The summed E-state index contributed by atoms with van der Waals surface area (Å²) in [5.41, 5.74) is -0.664. The monoisotopic (exact) mass is 915 g/mol. The molecule has 0 saturated heterocycles. The van der Waals surface area contributed by atoms with E-state index in [4.69, 9.17) is 9.47 Å². The molecular weight excluding hydrogens is 817 g/mol. The van der Waals surface area contributed by atoms with E-state index in [1.807, 2.05) is 0 Å². The van der Waals surface area contributed by atoms with Crippen molar-refractivity contribution in [3.63, 3.8) is 0 Å². The fourth-order valence-electron chi connectivity index (χ4n) is 8.40. The lowest BCUT2D eigenvalue weighted by Gasteiger charge is -2.13. The highest BCUT2D eigenvalue weighted by Crippen LogP contribution is 2.23. The molecule has 0 fully saturated rings. The summed E-state index contributed by atoms with van der Waals surface area (Å²) < 4.78 is 45.1. The number of benzene rings is 1. The van der Waals surface area contributed by atoms with Crippen molar-refractivity contribution < 1.29 is 32.0 Å². The van der Waals surface area contributed by atoms with Crippen LogP contribution in [0.3, 0.4) is 0 Å². The second-order valence-corrected chi connectivity index (χ2v) is 19.9. The van der Waals surface area contributed by atoms with Crippen LogP contribution in [0, 0.1) is 0 Å². The van der Waals surface area contributed by atoms with E-state index in [2.05, 4.69) is 38.2 Å². The van der Waals surface area contributed by atoms with Gasteiger partial charge in [-0.1, -0.05) is 250 Å². The van der Waals surface area contributed by atoms with Gasteiger partial charge >= 0.3 is 11.9 Å². The molecule has 0 saturated carbocycles. The summed E-state index contributed by atoms with van der Waals surface area (Å²) in [6.45, 7) is 4.78. The van der Waals surface area contributed by atoms with Crippen LogP contribution in [0.15, 0.2) is 47.4 Å². The van der Waals surface area contributed by atoms with Gasteiger partial charge in [-0.15, -0.1) is 0 Å². The zero-order chi connectivity index (χ0) is 46.4. The van der Waals surface area contributed by atoms with Crippen LogP contribution >= 0.6 is 0 Å². The molecule has 8 heteroatoms. The molecule has 0 unspecified atom stereocenters. The molecule has 0 bridgehead atoms. The summed E-state index contributed by atoms with van der Waals surface area (Å²) in [6.07, 6.45) is 59.2. The summed E-state index contributed by atoms with van der Waals surface area (Å²) >= 11 is 0. The summed E-state index contributed by atoms with van der Waals surface area (Å²) in [6, 6.07) is 3.79. The maximum Gasteiger partial charge on any atom is 0.340 e. The molecule has 0 spiro atoms. The first-order chi connectivity index (χ1) is 31.3. The Morgan fingerprint density at radius 3 is 1.02 bits per heavy atom. The van der Waals surface area contributed by atoms with Crippen LogP contribution in [0.1, 0.15) is 291 Å². The molecule has 0 radical (unpaired) electrons. The van der Waals surface area contributed by atoms with E-state index in [-0.39, 0.29) is 18.8 Å². The van der Waals surface area contributed by atoms with Gasteiger partial charge in [0.1, 0.15) is 4.90 Å². The van der Waals surface area contributed by atoms with Gasteiger partial charge in [0.25, 0.3) is 10.1 Å². The number of esters is 2. The third-order valence-corrected chi connectivity index (χ3v) is 13.4. The highest BCUT2D eigenvalue weighted by atomic mass is 32.2. The second kappa shape index (κ2) is 44.4. The zero-order valence-corrected chi connectivity index (χ0v) is 42.4. The Kier molecular flexibility index (Phi) is 41.3. The molecule has 0 atom stereocenters. The van der Waals surface area contributed by atoms with Crippen LogP contribution in [0.4, 0.5) is 0 Å². The van der Waals surface area contributed by atoms with Gasteiger partial charge in [0.05, 0.1) is 24.3 Å². The van der Waals surface area contributed by atoms with Gasteiger partial charge in [-0.25, -0.2) is 9.59 Å². The fraction of sp³-hybridized carbons (Fsp3) is 0.786. The Morgan fingerprint density at radius 1 is 0.422 bits per heavy atom. The van der Waals surface area contributed by atoms with E-state index >= 15 is 0 Å². The molecule has 0 aromatic heterocycles. The minimum absolute atomic E-state index is 0.113. The molecular formula is C56H98O7S. The number of ether oxygens (including phenoxy) is 2. The number of allylic oxidation sites excluding steroid dienone is 4. The largest absolute Gasteiger partial charge is 0.462 e. The lowest BCUT2D eigenvalue weighted by atomic mass is 10.0. The smallest absolute Gasteiger partial charge is 0.340 e. The number of hydrogen-bond donors (Lipinski definition) is 1. The maximum atomic E-state index is 13.1. The Bertz CT molecular complexity index is 1400. The van der Waals surface area contributed by atoms with Crippen LogP contribution in [0.5, 0.6) is 0 Å². The van der Waals surface area contributed by atoms with Gasteiger partial charge in [-0.05, 0) is 63.5 Å². The minimum atomic E-state index is -4.77. The summed E-state index contributed by atoms with van der Waals surface area (Å²) in [4.78, 5) is 25.5. The second-order valence-electron chi connectivity index (χ2n) is 18.5. The van der Waals surface area contributed by atoms with Crippen molar-refractivity contribution >= 4 is 22.1 Å². The van der Waals surface area contributed by atoms with E-state index in [1.54, 1.807) is 0 Å². The Morgan fingerprint density at radius 2 is 0.703 bits per heavy atom. The molecule has 0 heterocycles. The average molecular weight is 915 g/mol. The van der Waals surface area contributed by atoms with Crippen LogP contribution in [-0.2, 0) is 19.6 Å². The number of unbranched alkanes of at least 4 members (excludes halogenated alkanes) is 36. The number of carbonyl (C=O) groups excluding carboxylic acids is 2. The predicted octanol–water partition coefficient (Wildman–Crippen LogP) is 18.0. The molecule has 370 valence electrons. The normalized spacial score (nSPS) is 11.9. The molecule has 0 aliphatic carbocycles. The van der Waals surface area contributed by atoms with Gasteiger partial charge in [-0.2, -0.15) is 8.42 Å². The lowest BCUT2D eigenvalue weighted by Crippen LogP contribution is -2.19. The Labute approximate surface area is 394 Å². The van der Waals surface area contributed by atoms with Crippen LogP contribution in [-0.4, -0.2) is 38.1 Å². The van der Waals surface area contributed by atoms with E-state index in [1.165, 1.54) is 218 Å². The Balaban J connectivity index is 2.10. The first kappa shape index (κ1) is 59.6. The summed E-state index contributed by atoms with van der Waals surface area (Å²) in [5.74, 6) is -1.73. The van der Waals surface area contributed by atoms with E-state index in [0.717, 1.165) is 44.6 Å². The highest BCUT2D eigenvalue weighted by Gasteiger charge is 2.28. The topological polar surface area (TPSA) is 107 Å². The number of carbonyl (C=O) groups is 2. The molecule has 0 amide bonds. The van der Waals surface area contributed by atoms with Crippen molar-refractivity contribution in [1.29, 1.82) is 0 Å². The molecule has 64 heavy (non-hydrogen) atoms. The first-order valence-corrected chi connectivity index (χ1v) is 28.5. The lowest BCUT2D eigenvalue weighted by molar-refractivity contribution is 0.0446. The standard InChI is InChI=1S/C56H98O7S/c1-3-5-7-9-11-13-15-17-19-21-23-25-27-29-31-33-35-37-39-41-43-45-50-62-55(57)52-48-47-49-53(64(59,60)61)54(52)56(58)63-51-46-44-42-40-38-36-34-32-30-28-26-24-22-20-18-16-14-12-10-8-6-4-2/h9-12,47-49H,3-8,13-46,50-51H2,1-2H3,(H,59,60,61)/b11-9+,12-10+. The average Bonchev–Trinajstić information content (AvgIpc) is 3.28. The highest BCUT2D eigenvalue weighted by molar-refractivity contribution is 7.86. The predicted molar refractivity (Wildman–Crippen MR) is 271 cm³/mol. The third kappa shape index (κ3) is 35.8. The van der Waals surface area contributed by atoms with Crippen molar-refractivity contribution in [2.75, 3.05) is 13.2 Å². The third-order valence-electron chi connectivity index (χ3n) is 12.5.